The number of hydrogen-bond acceptors (Lipinski definition) is 2. The van der Waals surface area contributed by atoms with Gasteiger partial charge in [-0.15, -0.1) is 0 Å². The predicted molar refractivity (Wildman–Crippen MR) is 76.2 cm³/mol. The molecule has 1 aromatic rings. The van der Waals surface area contributed by atoms with Crippen molar-refractivity contribution in [2.75, 3.05) is 0 Å². The van der Waals surface area contributed by atoms with Gasteiger partial charge in [0.25, 0.3) is 5.91 Å². The molecule has 3 atom stereocenters. The summed E-state index contributed by atoms with van der Waals surface area (Å²) in [6.07, 6.45) is 4.42. The first-order chi connectivity index (χ1) is 9.22. The zero-order chi connectivity index (χ0) is 13.7. The average molecular weight is 261 g/mol. The first-order valence-electron chi connectivity index (χ1n) is 7.24. The lowest BCUT2D eigenvalue weighted by Crippen LogP contribution is -2.45. The van der Waals surface area contributed by atoms with E-state index in [-0.39, 0.29) is 24.2 Å². The maximum absolute atomic E-state index is 12.2. The molecule has 1 heterocycles. The van der Waals surface area contributed by atoms with Crippen LogP contribution >= 0.6 is 0 Å². The van der Waals surface area contributed by atoms with Gasteiger partial charge in [-0.3, -0.25) is 4.79 Å². The molecule has 104 valence electrons. The van der Waals surface area contributed by atoms with Crippen LogP contribution in [-0.2, 0) is 4.74 Å². The average Bonchev–Trinajstić information content (AvgIpc) is 2.47. The number of carbonyl (C=O) groups is 1. The first-order valence-corrected chi connectivity index (χ1v) is 7.24. The highest BCUT2D eigenvalue weighted by Gasteiger charge is 2.28. The van der Waals surface area contributed by atoms with Crippen molar-refractivity contribution in [1.82, 2.24) is 5.32 Å². The zero-order valence-electron chi connectivity index (χ0n) is 11.8. The van der Waals surface area contributed by atoms with Gasteiger partial charge in [0, 0.05) is 11.6 Å². The molecule has 1 amide bonds. The second-order valence-corrected chi connectivity index (χ2v) is 5.20. The Morgan fingerprint density at radius 1 is 1.16 bits per heavy atom. The molecule has 0 aromatic heterocycles. The summed E-state index contributed by atoms with van der Waals surface area (Å²) in [5.41, 5.74) is 0.732. The van der Waals surface area contributed by atoms with Gasteiger partial charge in [-0.2, -0.15) is 0 Å². The summed E-state index contributed by atoms with van der Waals surface area (Å²) in [6, 6.07) is 9.64. The summed E-state index contributed by atoms with van der Waals surface area (Å²) in [4.78, 5) is 12.2. The van der Waals surface area contributed by atoms with Gasteiger partial charge in [0.1, 0.15) is 0 Å². The van der Waals surface area contributed by atoms with Crippen molar-refractivity contribution in [3.8, 4) is 0 Å². The molecule has 1 aliphatic rings. The zero-order valence-corrected chi connectivity index (χ0v) is 11.8. The van der Waals surface area contributed by atoms with Crippen molar-refractivity contribution in [3.05, 3.63) is 35.9 Å². The van der Waals surface area contributed by atoms with Gasteiger partial charge in [-0.05, 0) is 37.8 Å². The number of rotatable bonds is 4. The van der Waals surface area contributed by atoms with E-state index in [1.807, 2.05) is 30.3 Å². The Balaban J connectivity index is 1.96. The maximum atomic E-state index is 12.2. The molecular weight excluding hydrogens is 238 g/mol. The summed E-state index contributed by atoms with van der Waals surface area (Å²) in [5.74, 6) is 0.0252. The summed E-state index contributed by atoms with van der Waals surface area (Å²) >= 11 is 0. The van der Waals surface area contributed by atoms with Crippen molar-refractivity contribution in [2.24, 2.45) is 0 Å². The molecule has 1 aromatic carbocycles. The van der Waals surface area contributed by atoms with E-state index in [0.717, 1.165) is 31.2 Å². The van der Waals surface area contributed by atoms with Gasteiger partial charge in [0.05, 0.1) is 12.2 Å². The first kappa shape index (κ1) is 14.1. The third-order valence-corrected chi connectivity index (χ3v) is 3.76. The highest BCUT2D eigenvalue weighted by atomic mass is 16.5. The van der Waals surface area contributed by atoms with Gasteiger partial charge in [-0.25, -0.2) is 0 Å². The van der Waals surface area contributed by atoms with Crippen molar-refractivity contribution in [3.63, 3.8) is 0 Å². The number of carbonyl (C=O) groups excluding carboxylic acids is 1. The standard InChI is InChI=1S/C16H23NO2/c1-3-14-10-13(11-15(4-2)19-14)17-16(18)12-8-6-5-7-9-12/h5-9,13-15H,3-4,10-11H2,1-2H3,(H,17,18)/t13?,14-,15+. The molecule has 0 saturated carbocycles. The van der Waals surface area contributed by atoms with E-state index in [9.17, 15) is 4.79 Å². The molecule has 0 spiro atoms. The van der Waals surface area contributed by atoms with Gasteiger partial charge in [0.2, 0.25) is 0 Å². The second kappa shape index (κ2) is 6.71. The minimum Gasteiger partial charge on any atom is -0.375 e. The van der Waals surface area contributed by atoms with Gasteiger partial charge in [0.15, 0.2) is 0 Å². The van der Waals surface area contributed by atoms with Crippen LogP contribution in [0.5, 0.6) is 0 Å². The number of hydrogen-bond donors (Lipinski definition) is 1. The molecule has 1 aliphatic heterocycles. The predicted octanol–water partition coefficient (Wildman–Crippen LogP) is 3.15. The van der Waals surface area contributed by atoms with Gasteiger partial charge >= 0.3 is 0 Å². The van der Waals surface area contributed by atoms with E-state index in [2.05, 4.69) is 19.2 Å². The van der Waals surface area contributed by atoms with E-state index < -0.39 is 0 Å². The largest absolute Gasteiger partial charge is 0.375 e. The minimum atomic E-state index is 0.0252. The van der Waals surface area contributed by atoms with E-state index in [1.54, 1.807) is 0 Å². The summed E-state index contributed by atoms with van der Waals surface area (Å²) in [6.45, 7) is 4.28. The fourth-order valence-electron chi connectivity index (χ4n) is 2.62. The molecule has 19 heavy (non-hydrogen) atoms. The highest BCUT2D eigenvalue weighted by molar-refractivity contribution is 5.94. The fourth-order valence-corrected chi connectivity index (χ4v) is 2.62. The highest BCUT2D eigenvalue weighted by Crippen LogP contribution is 2.23. The molecule has 1 fully saturated rings. The van der Waals surface area contributed by atoms with Crippen molar-refractivity contribution in [2.45, 2.75) is 57.8 Å². The summed E-state index contributed by atoms with van der Waals surface area (Å²) in [7, 11) is 0. The molecule has 3 nitrogen and oxygen atoms in total. The Labute approximate surface area is 115 Å². The van der Waals surface area contributed by atoms with Crippen LogP contribution in [0.2, 0.25) is 0 Å². The van der Waals surface area contributed by atoms with Crippen LogP contribution in [0.1, 0.15) is 49.9 Å². The minimum absolute atomic E-state index is 0.0252. The quantitative estimate of drug-likeness (QED) is 0.904. The van der Waals surface area contributed by atoms with Crippen molar-refractivity contribution >= 4 is 5.91 Å². The summed E-state index contributed by atoms with van der Waals surface area (Å²) in [5, 5.41) is 3.14. The van der Waals surface area contributed by atoms with Crippen molar-refractivity contribution in [1.29, 1.82) is 0 Å². The van der Waals surface area contributed by atoms with Crippen molar-refractivity contribution < 1.29 is 9.53 Å². The molecule has 2 rings (SSSR count). The molecule has 0 bridgehead atoms. The molecule has 3 heteroatoms. The molecule has 1 unspecified atom stereocenters. The number of amides is 1. The van der Waals surface area contributed by atoms with Crippen LogP contribution in [0.15, 0.2) is 30.3 Å². The third kappa shape index (κ3) is 3.80. The van der Waals surface area contributed by atoms with E-state index >= 15 is 0 Å². The molecule has 0 aliphatic carbocycles. The second-order valence-electron chi connectivity index (χ2n) is 5.20. The molecular formula is C16H23NO2. The van der Waals surface area contributed by atoms with Crippen LogP contribution in [0.25, 0.3) is 0 Å². The van der Waals surface area contributed by atoms with Crippen LogP contribution in [-0.4, -0.2) is 24.2 Å². The topological polar surface area (TPSA) is 38.3 Å². The Bertz CT molecular complexity index is 392. The van der Waals surface area contributed by atoms with Gasteiger partial charge in [-0.1, -0.05) is 32.0 Å². The van der Waals surface area contributed by atoms with E-state index in [0.29, 0.717) is 0 Å². The SMILES string of the molecule is CC[C@@H]1CC(NC(=O)c2ccccc2)C[C@H](CC)O1. The molecule has 1 N–H and O–H groups in total. The normalized spacial score (nSPS) is 26.9. The number of nitrogens with one attached hydrogen (secondary N) is 1. The monoisotopic (exact) mass is 261 g/mol. The number of benzene rings is 1. The molecule has 1 saturated heterocycles. The Morgan fingerprint density at radius 2 is 1.74 bits per heavy atom. The lowest BCUT2D eigenvalue weighted by atomic mass is 9.95. The number of ether oxygens (including phenoxy) is 1. The van der Waals surface area contributed by atoms with Crippen LogP contribution < -0.4 is 5.32 Å². The Kier molecular flexibility index (Phi) is 4.97. The van der Waals surface area contributed by atoms with Crippen LogP contribution in [0.3, 0.4) is 0 Å². The Hall–Kier alpha value is -1.35. The van der Waals surface area contributed by atoms with Crippen LogP contribution in [0, 0.1) is 0 Å². The third-order valence-electron chi connectivity index (χ3n) is 3.76. The van der Waals surface area contributed by atoms with Crippen LogP contribution in [0.4, 0.5) is 0 Å². The fraction of sp³-hybridized carbons (Fsp3) is 0.562. The summed E-state index contributed by atoms with van der Waals surface area (Å²) < 4.78 is 5.95. The maximum Gasteiger partial charge on any atom is 0.251 e. The van der Waals surface area contributed by atoms with E-state index in [4.69, 9.17) is 4.74 Å². The lowest BCUT2D eigenvalue weighted by molar-refractivity contribution is -0.0621. The smallest absolute Gasteiger partial charge is 0.251 e. The Morgan fingerprint density at radius 3 is 2.26 bits per heavy atom. The lowest BCUT2D eigenvalue weighted by Gasteiger charge is -2.35. The van der Waals surface area contributed by atoms with Gasteiger partial charge < -0.3 is 10.1 Å². The van der Waals surface area contributed by atoms with E-state index in [1.165, 1.54) is 0 Å². The molecule has 0 radical (unpaired) electrons.